The normalized spacial score (nSPS) is 14.3. The van der Waals surface area contributed by atoms with Gasteiger partial charge >= 0.3 is 6.18 Å². The van der Waals surface area contributed by atoms with Crippen molar-refractivity contribution in [2.45, 2.75) is 25.6 Å². The van der Waals surface area contributed by atoms with Crippen LogP contribution in [0.3, 0.4) is 0 Å². The summed E-state index contributed by atoms with van der Waals surface area (Å²) in [7, 11) is 0. The molecule has 1 unspecified atom stereocenters. The molecule has 2 N–H and O–H groups in total. The van der Waals surface area contributed by atoms with Gasteiger partial charge in [-0.05, 0) is 6.42 Å². The summed E-state index contributed by atoms with van der Waals surface area (Å²) in [6, 6.07) is 0. The molecule has 0 fully saturated rings. The predicted molar refractivity (Wildman–Crippen MR) is 35.3 cm³/mol. The number of nitrogens with two attached hydrogens (primary N) is 1. The van der Waals surface area contributed by atoms with E-state index in [1.165, 1.54) is 6.92 Å². The zero-order chi connectivity index (χ0) is 9.78. The highest BCUT2D eigenvalue weighted by molar-refractivity contribution is 5.78. The second-order valence-corrected chi connectivity index (χ2v) is 2.23. The van der Waals surface area contributed by atoms with Gasteiger partial charge in [-0.25, -0.2) is 0 Å². The van der Waals surface area contributed by atoms with Crippen molar-refractivity contribution in [1.82, 2.24) is 0 Å². The van der Waals surface area contributed by atoms with Crippen molar-refractivity contribution in [1.29, 1.82) is 0 Å². The van der Waals surface area contributed by atoms with Gasteiger partial charge in [0, 0.05) is 0 Å². The van der Waals surface area contributed by atoms with Crippen LogP contribution in [0.25, 0.3) is 0 Å². The maximum Gasteiger partial charge on any atom is 0.411 e. The zero-order valence-electron chi connectivity index (χ0n) is 6.52. The fourth-order valence-corrected chi connectivity index (χ4v) is 0.596. The summed E-state index contributed by atoms with van der Waals surface area (Å²) < 4.78 is 38.8. The van der Waals surface area contributed by atoms with E-state index < -0.39 is 24.8 Å². The van der Waals surface area contributed by atoms with Gasteiger partial charge in [-0.15, -0.1) is 0 Å². The van der Waals surface area contributed by atoms with Gasteiger partial charge in [0.15, 0.2) is 0 Å². The number of hydrogen-bond acceptors (Lipinski definition) is 2. The van der Waals surface area contributed by atoms with Crippen LogP contribution in [0.4, 0.5) is 13.2 Å². The number of carbonyl (C=O) groups excluding carboxylic acids is 1. The van der Waals surface area contributed by atoms with Crippen molar-refractivity contribution in [2.24, 2.45) is 5.73 Å². The summed E-state index contributed by atoms with van der Waals surface area (Å²) in [4.78, 5) is 10.4. The Balaban J connectivity index is 3.81. The lowest BCUT2D eigenvalue weighted by atomic mass is 10.3. The molecule has 0 spiro atoms. The molecule has 0 heterocycles. The van der Waals surface area contributed by atoms with Crippen LogP contribution in [0.1, 0.15) is 13.3 Å². The fraction of sp³-hybridized carbons (Fsp3) is 0.833. The van der Waals surface area contributed by atoms with Crippen molar-refractivity contribution in [2.75, 3.05) is 6.61 Å². The largest absolute Gasteiger partial charge is 0.411 e. The lowest BCUT2D eigenvalue weighted by Gasteiger charge is -2.13. The molecular formula is C6H10F3NO2. The second-order valence-electron chi connectivity index (χ2n) is 2.23. The van der Waals surface area contributed by atoms with Crippen molar-refractivity contribution in [3.8, 4) is 0 Å². The Bertz CT molecular complexity index is 157. The Morgan fingerprint density at radius 1 is 1.58 bits per heavy atom. The molecule has 0 aromatic rings. The van der Waals surface area contributed by atoms with Crippen LogP contribution in [-0.4, -0.2) is 24.8 Å². The van der Waals surface area contributed by atoms with Crippen LogP contribution in [0.15, 0.2) is 0 Å². The maximum atomic E-state index is 11.5. The topological polar surface area (TPSA) is 52.3 Å². The smallest absolute Gasteiger partial charge is 0.367 e. The number of ether oxygens (including phenoxy) is 1. The summed E-state index contributed by atoms with van der Waals surface area (Å²) in [5.74, 6) is -0.873. The molecule has 6 heteroatoms. The van der Waals surface area contributed by atoms with Gasteiger partial charge in [0.05, 0.1) is 0 Å². The third kappa shape index (κ3) is 4.95. The molecule has 0 rings (SSSR count). The average molecular weight is 185 g/mol. The summed E-state index contributed by atoms with van der Waals surface area (Å²) in [6.07, 6.45) is -5.42. The van der Waals surface area contributed by atoms with Gasteiger partial charge in [0.2, 0.25) is 5.91 Å². The molecule has 0 saturated heterocycles. The lowest BCUT2D eigenvalue weighted by molar-refractivity contribution is -0.186. The number of alkyl halides is 3. The quantitative estimate of drug-likeness (QED) is 0.705. The van der Waals surface area contributed by atoms with E-state index in [1.807, 2.05) is 0 Å². The average Bonchev–Trinajstić information content (AvgIpc) is 1.85. The Morgan fingerprint density at radius 3 is 2.33 bits per heavy atom. The van der Waals surface area contributed by atoms with Crippen LogP contribution < -0.4 is 5.73 Å². The number of primary amides is 1. The van der Waals surface area contributed by atoms with Gasteiger partial charge in [-0.3, -0.25) is 4.79 Å². The van der Waals surface area contributed by atoms with E-state index in [0.29, 0.717) is 0 Å². The van der Waals surface area contributed by atoms with Crippen LogP contribution in [0.2, 0.25) is 0 Å². The monoisotopic (exact) mass is 185 g/mol. The third-order valence-electron chi connectivity index (χ3n) is 1.14. The molecule has 0 aromatic heterocycles. The number of carbonyl (C=O) groups is 1. The van der Waals surface area contributed by atoms with Crippen molar-refractivity contribution >= 4 is 5.91 Å². The maximum absolute atomic E-state index is 11.5. The zero-order valence-corrected chi connectivity index (χ0v) is 6.52. The number of amides is 1. The van der Waals surface area contributed by atoms with E-state index in [2.05, 4.69) is 4.74 Å². The SMILES string of the molecule is CCC(OCC(F)(F)F)C(N)=O. The van der Waals surface area contributed by atoms with Crippen molar-refractivity contribution < 1.29 is 22.7 Å². The lowest BCUT2D eigenvalue weighted by Crippen LogP contribution is -2.33. The summed E-state index contributed by atoms with van der Waals surface area (Å²) in [5, 5.41) is 0. The van der Waals surface area contributed by atoms with Crippen LogP contribution >= 0.6 is 0 Å². The number of halogens is 3. The molecule has 1 amide bonds. The van der Waals surface area contributed by atoms with Gasteiger partial charge in [-0.2, -0.15) is 13.2 Å². The molecule has 0 saturated carbocycles. The number of rotatable bonds is 4. The molecule has 0 bridgehead atoms. The predicted octanol–water partition coefficient (Wildman–Crippen LogP) is 0.829. The summed E-state index contributed by atoms with van der Waals surface area (Å²) in [6.45, 7) is 0.0836. The Morgan fingerprint density at radius 2 is 2.08 bits per heavy atom. The number of hydrogen-bond donors (Lipinski definition) is 1. The van der Waals surface area contributed by atoms with Gasteiger partial charge < -0.3 is 10.5 Å². The Labute approximate surface area is 67.7 Å². The van der Waals surface area contributed by atoms with Crippen molar-refractivity contribution in [3.05, 3.63) is 0 Å². The minimum Gasteiger partial charge on any atom is -0.367 e. The minimum atomic E-state index is -4.41. The molecule has 72 valence electrons. The van der Waals surface area contributed by atoms with E-state index in [9.17, 15) is 18.0 Å². The van der Waals surface area contributed by atoms with Crippen molar-refractivity contribution in [3.63, 3.8) is 0 Å². The highest BCUT2D eigenvalue weighted by atomic mass is 19.4. The summed E-state index contributed by atoms with van der Waals surface area (Å²) >= 11 is 0. The third-order valence-corrected chi connectivity index (χ3v) is 1.14. The van der Waals surface area contributed by atoms with E-state index in [-0.39, 0.29) is 6.42 Å². The van der Waals surface area contributed by atoms with Crippen LogP contribution in [-0.2, 0) is 9.53 Å². The van der Waals surface area contributed by atoms with E-state index in [1.54, 1.807) is 0 Å². The molecule has 0 aliphatic carbocycles. The second kappa shape index (κ2) is 4.30. The van der Waals surface area contributed by atoms with Crippen LogP contribution in [0.5, 0.6) is 0 Å². The molecule has 0 aliphatic rings. The molecule has 3 nitrogen and oxygen atoms in total. The first-order chi connectivity index (χ1) is 5.37. The minimum absolute atomic E-state index is 0.144. The van der Waals surface area contributed by atoms with E-state index in [0.717, 1.165) is 0 Å². The van der Waals surface area contributed by atoms with Crippen LogP contribution in [0, 0.1) is 0 Å². The van der Waals surface area contributed by atoms with Gasteiger partial charge in [0.25, 0.3) is 0 Å². The van der Waals surface area contributed by atoms with E-state index >= 15 is 0 Å². The standard InChI is InChI=1S/C6H10F3NO2/c1-2-4(5(10)11)12-3-6(7,8)9/h4H,2-3H2,1H3,(H2,10,11). The first-order valence-corrected chi connectivity index (χ1v) is 3.34. The van der Waals surface area contributed by atoms with Gasteiger partial charge in [-0.1, -0.05) is 6.92 Å². The molecule has 1 atom stereocenters. The Hall–Kier alpha value is -0.780. The molecule has 12 heavy (non-hydrogen) atoms. The van der Waals surface area contributed by atoms with E-state index in [4.69, 9.17) is 5.73 Å². The molecular weight excluding hydrogens is 175 g/mol. The summed E-state index contributed by atoms with van der Waals surface area (Å²) in [5.41, 5.74) is 4.75. The molecule has 0 aromatic carbocycles. The molecule has 0 radical (unpaired) electrons. The highest BCUT2D eigenvalue weighted by Gasteiger charge is 2.30. The first-order valence-electron chi connectivity index (χ1n) is 3.34. The van der Waals surface area contributed by atoms with Gasteiger partial charge in [0.1, 0.15) is 12.7 Å². The highest BCUT2D eigenvalue weighted by Crippen LogP contribution is 2.15. The Kier molecular flexibility index (Phi) is 4.02. The first kappa shape index (κ1) is 11.2. The molecule has 0 aliphatic heterocycles. The fourth-order valence-electron chi connectivity index (χ4n) is 0.596.